The summed E-state index contributed by atoms with van der Waals surface area (Å²) in [5.41, 5.74) is 1.42. The van der Waals surface area contributed by atoms with Gasteiger partial charge in [0.15, 0.2) is 11.6 Å². The molecule has 0 aliphatic heterocycles. The maximum absolute atomic E-state index is 13.8. The van der Waals surface area contributed by atoms with Crippen LogP contribution in [-0.4, -0.2) is 48.1 Å². The lowest BCUT2D eigenvalue weighted by molar-refractivity contribution is 0.262. The number of amides is 2. The Kier molecular flexibility index (Phi) is 7.11. The molecule has 7 nitrogen and oxygen atoms in total. The minimum Gasteiger partial charge on any atom is -0.367 e. The van der Waals surface area contributed by atoms with Crippen LogP contribution in [0.4, 0.5) is 26.6 Å². The van der Waals surface area contributed by atoms with Gasteiger partial charge in [0, 0.05) is 17.3 Å². The van der Waals surface area contributed by atoms with Gasteiger partial charge in [0.2, 0.25) is 5.95 Å². The lowest BCUT2D eigenvalue weighted by Gasteiger charge is -2.12. The van der Waals surface area contributed by atoms with Crippen molar-refractivity contribution in [3.05, 3.63) is 40.8 Å². The molecule has 1 aromatic heterocycles. The Morgan fingerprint density at radius 1 is 1.31 bits per heavy atom. The van der Waals surface area contributed by atoms with E-state index in [0.29, 0.717) is 17.3 Å². The number of nitrogens with zero attached hydrogens (tertiary/aromatic N) is 3. The van der Waals surface area contributed by atoms with Gasteiger partial charge in [0.1, 0.15) is 0 Å². The molecule has 140 valence electrons. The summed E-state index contributed by atoms with van der Waals surface area (Å²) in [5, 5.41) is 8.65. The number of urea groups is 1. The summed E-state index contributed by atoms with van der Waals surface area (Å²) >= 11 is 5.96. The molecule has 9 heteroatoms. The molecule has 0 atom stereocenters. The van der Waals surface area contributed by atoms with Gasteiger partial charge in [-0.1, -0.05) is 11.6 Å². The van der Waals surface area contributed by atoms with Gasteiger partial charge in [0.05, 0.1) is 6.20 Å². The van der Waals surface area contributed by atoms with Crippen LogP contribution in [0.5, 0.6) is 0 Å². The van der Waals surface area contributed by atoms with Gasteiger partial charge >= 0.3 is 6.03 Å². The minimum absolute atomic E-state index is 0.00435. The minimum atomic E-state index is -0.575. The number of rotatable bonds is 7. The van der Waals surface area contributed by atoms with Crippen LogP contribution in [0.3, 0.4) is 0 Å². The Morgan fingerprint density at radius 3 is 2.77 bits per heavy atom. The summed E-state index contributed by atoms with van der Waals surface area (Å²) < 4.78 is 13.8. The second-order valence-electron chi connectivity index (χ2n) is 6.02. The van der Waals surface area contributed by atoms with Crippen molar-refractivity contribution in [3.8, 4) is 0 Å². The van der Waals surface area contributed by atoms with E-state index < -0.39 is 11.8 Å². The predicted octanol–water partition coefficient (Wildman–Crippen LogP) is 3.59. The van der Waals surface area contributed by atoms with Gasteiger partial charge in [0.25, 0.3) is 0 Å². The van der Waals surface area contributed by atoms with Gasteiger partial charge in [-0.05, 0) is 57.7 Å². The zero-order chi connectivity index (χ0) is 19.1. The summed E-state index contributed by atoms with van der Waals surface area (Å²) in [7, 11) is 3.93. The summed E-state index contributed by atoms with van der Waals surface area (Å²) in [4.78, 5) is 21.9. The van der Waals surface area contributed by atoms with E-state index in [1.165, 1.54) is 0 Å². The lowest BCUT2D eigenvalue weighted by atomic mass is 10.2. The molecule has 2 rings (SSSR count). The largest absolute Gasteiger partial charge is 0.367 e. The zero-order valence-corrected chi connectivity index (χ0v) is 15.7. The normalized spacial score (nSPS) is 10.7. The smallest absolute Gasteiger partial charge is 0.326 e. The number of hydrogen-bond donors (Lipinski definition) is 3. The van der Waals surface area contributed by atoms with Crippen molar-refractivity contribution in [1.82, 2.24) is 14.9 Å². The Morgan fingerprint density at radius 2 is 2.08 bits per heavy atom. The highest BCUT2D eigenvalue weighted by Gasteiger charge is 2.10. The molecule has 0 unspecified atom stereocenters. The monoisotopic (exact) mass is 380 g/mol. The molecule has 0 fully saturated rings. The quantitative estimate of drug-likeness (QED) is 0.639. The van der Waals surface area contributed by atoms with E-state index in [0.717, 1.165) is 24.7 Å². The fraction of sp³-hybridized carbons (Fsp3) is 0.353. The van der Waals surface area contributed by atoms with E-state index in [9.17, 15) is 9.18 Å². The van der Waals surface area contributed by atoms with E-state index in [1.54, 1.807) is 18.2 Å². The topological polar surface area (TPSA) is 82.2 Å². The second kappa shape index (κ2) is 9.30. The van der Waals surface area contributed by atoms with E-state index in [4.69, 9.17) is 11.6 Å². The van der Waals surface area contributed by atoms with Crippen molar-refractivity contribution in [2.45, 2.75) is 13.3 Å². The molecule has 2 amide bonds. The maximum Gasteiger partial charge on any atom is 0.326 e. The standard InChI is InChI=1S/C17H22ClFN6O/c1-11-9-12(5-6-13(11)18)22-17(26)24-16-21-10-14(19)15(23-16)20-7-4-8-25(2)3/h5-6,9-10H,4,7-8H2,1-3H3,(H3,20,21,22,23,24,26). The third kappa shape index (κ3) is 6.12. The number of carbonyl (C=O) groups is 1. The highest BCUT2D eigenvalue weighted by atomic mass is 35.5. The summed E-state index contributed by atoms with van der Waals surface area (Å²) in [6, 6.07) is 4.58. The molecular weight excluding hydrogens is 359 g/mol. The van der Waals surface area contributed by atoms with Gasteiger partial charge in [-0.2, -0.15) is 4.98 Å². The summed E-state index contributed by atoms with van der Waals surface area (Å²) in [6.07, 6.45) is 1.85. The molecule has 26 heavy (non-hydrogen) atoms. The number of halogens is 2. The third-order valence-corrected chi connectivity index (χ3v) is 3.88. The molecule has 0 radical (unpaired) electrons. The average Bonchev–Trinajstić information content (AvgIpc) is 2.57. The van der Waals surface area contributed by atoms with Crippen molar-refractivity contribution in [2.75, 3.05) is 43.1 Å². The molecule has 0 aliphatic rings. The number of aromatic nitrogens is 2. The van der Waals surface area contributed by atoms with Crippen LogP contribution in [-0.2, 0) is 0 Å². The number of benzene rings is 1. The highest BCUT2D eigenvalue weighted by Crippen LogP contribution is 2.19. The molecule has 0 bridgehead atoms. The number of carbonyl (C=O) groups excluding carboxylic acids is 1. The van der Waals surface area contributed by atoms with Crippen LogP contribution in [0, 0.1) is 12.7 Å². The van der Waals surface area contributed by atoms with Gasteiger partial charge in [-0.15, -0.1) is 0 Å². The molecule has 1 heterocycles. The Labute approximate surface area is 157 Å². The Hall–Kier alpha value is -2.45. The molecule has 0 aliphatic carbocycles. The molecule has 0 spiro atoms. The van der Waals surface area contributed by atoms with Crippen molar-refractivity contribution < 1.29 is 9.18 Å². The van der Waals surface area contributed by atoms with Crippen LogP contribution in [0.1, 0.15) is 12.0 Å². The van der Waals surface area contributed by atoms with E-state index in [2.05, 4.69) is 25.9 Å². The van der Waals surface area contributed by atoms with Crippen molar-refractivity contribution in [1.29, 1.82) is 0 Å². The van der Waals surface area contributed by atoms with Gasteiger partial charge < -0.3 is 15.5 Å². The number of hydrogen-bond acceptors (Lipinski definition) is 5. The summed E-state index contributed by atoms with van der Waals surface area (Å²) in [6.45, 7) is 3.26. The fourth-order valence-electron chi connectivity index (χ4n) is 2.14. The SMILES string of the molecule is Cc1cc(NC(=O)Nc2ncc(F)c(NCCCN(C)C)n2)ccc1Cl. The average molecular weight is 381 g/mol. The molecule has 2 aromatic rings. The first-order chi connectivity index (χ1) is 12.3. The van der Waals surface area contributed by atoms with Crippen molar-refractivity contribution >= 4 is 35.1 Å². The van der Waals surface area contributed by atoms with E-state index in [-0.39, 0.29) is 11.8 Å². The number of anilines is 3. The molecule has 0 saturated heterocycles. The molecule has 3 N–H and O–H groups in total. The Balaban J connectivity index is 1.94. The van der Waals surface area contributed by atoms with Crippen LogP contribution >= 0.6 is 11.6 Å². The van der Waals surface area contributed by atoms with Crippen molar-refractivity contribution in [3.63, 3.8) is 0 Å². The van der Waals surface area contributed by atoms with Crippen LogP contribution in [0.2, 0.25) is 5.02 Å². The van der Waals surface area contributed by atoms with Crippen molar-refractivity contribution in [2.24, 2.45) is 0 Å². The fourth-order valence-corrected chi connectivity index (χ4v) is 2.26. The van der Waals surface area contributed by atoms with E-state index >= 15 is 0 Å². The first-order valence-corrected chi connectivity index (χ1v) is 8.48. The predicted molar refractivity (Wildman–Crippen MR) is 102 cm³/mol. The zero-order valence-electron chi connectivity index (χ0n) is 14.9. The molecule has 0 saturated carbocycles. The number of nitrogens with one attached hydrogen (secondary N) is 3. The Bertz CT molecular complexity index is 771. The molecule has 1 aromatic carbocycles. The second-order valence-corrected chi connectivity index (χ2v) is 6.42. The highest BCUT2D eigenvalue weighted by molar-refractivity contribution is 6.31. The van der Waals surface area contributed by atoms with Crippen LogP contribution in [0.15, 0.2) is 24.4 Å². The van der Waals surface area contributed by atoms with Crippen LogP contribution < -0.4 is 16.0 Å². The summed E-state index contributed by atoms with van der Waals surface area (Å²) in [5.74, 6) is -0.518. The number of aryl methyl sites for hydroxylation is 1. The van der Waals surface area contributed by atoms with Gasteiger partial charge in [-0.3, -0.25) is 5.32 Å². The molecular formula is C17H22ClFN6O. The van der Waals surface area contributed by atoms with Gasteiger partial charge in [-0.25, -0.2) is 14.2 Å². The third-order valence-electron chi connectivity index (χ3n) is 3.46. The van der Waals surface area contributed by atoms with E-state index in [1.807, 2.05) is 25.9 Å². The maximum atomic E-state index is 13.8. The first-order valence-electron chi connectivity index (χ1n) is 8.10. The van der Waals surface area contributed by atoms with Crippen LogP contribution in [0.25, 0.3) is 0 Å². The first kappa shape index (κ1) is 19.9. The lowest BCUT2D eigenvalue weighted by Crippen LogP contribution is -2.22.